The highest BCUT2D eigenvalue weighted by molar-refractivity contribution is 8.27. The third-order valence-electron chi connectivity index (χ3n) is 3.84. The molecule has 0 radical (unpaired) electrons. The minimum absolute atomic E-state index is 0.0870. The molecule has 0 atom stereocenters. The Labute approximate surface area is 156 Å². The molecule has 2 heterocycles. The van der Waals surface area contributed by atoms with Gasteiger partial charge in [-0.15, -0.1) is 0 Å². The van der Waals surface area contributed by atoms with Crippen LogP contribution in [0.1, 0.15) is 5.56 Å². The summed E-state index contributed by atoms with van der Waals surface area (Å²) in [6, 6.07) is 14.6. The van der Waals surface area contributed by atoms with Gasteiger partial charge in [-0.2, -0.15) is 0 Å². The summed E-state index contributed by atoms with van der Waals surface area (Å²) in [4.78, 5) is 26.2. The highest BCUT2D eigenvalue weighted by Crippen LogP contribution is 2.36. The number of fused-ring (bicyclic) bond motifs is 1. The molecule has 1 saturated heterocycles. The molecule has 1 aliphatic rings. The smallest absolute Gasteiger partial charge is 0.343 e. The Hall–Kier alpha value is -2.77. The maximum atomic E-state index is 14.0. The van der Waals surface area contributed by atoms with Gasteiger partial charge < -0.3 is 4.42 Å². The molecule has 0 bridgehead atoms. The third-order valence-corrected chi connectivity index (χ3v) is 5.14. The molecule has 1 aromatic heterocycles. The summed E-state index contributed by atoms with van der Waals surface area (Å²) in [5.41, 5.74) is 0.232. The van der Waals surface area contributed by atoms with Crippen molar-refractivity contribution in [2.45, 2.75) is 0 Å². The van der Waals surface area contributed by atoms with Crippen LogP contribution in [0.25, 0.3) is 17.0 Å². The second-order valence-electron chi connectivity index (χ2n) is 5.50. The first-order valence-corrected chi connectivity index (χ1v) is 8.82. The fraction of sp³-hybridized carbons (Fsp3) is 0. The lowest BCUT2D eigenvalue weighted by atomic mass is 10.1. The number of carbonyl (C=O) groups is 1. The molecule has 1 aliphatic heterocycles. The number of halogens is 1. The van der Waals surface area contributed by atoms with E-state index in [0.29, 0.717) is 5.58 Å². The lowest BCUT2D eigenvalue weighted by Gasteiger charge is -2.14. The first-order chi connectivity index (χ1) is 12.5. The highest BCUT2D eigenvalue weighted by atomic mass is 32.2. The van der Waals surface area contributed by atoms with Gasteiger partial charge in [-0.1, -0.05) is 54.3 Å². The fourth-order valence-corrected chi connectivity index (χ4v) is 3.90. The van der Waals surface area contributed by atoms with E-state index in [0.717, 1.165) is 22.0 Å². The van der Waals surface area contributed by atoms with Crippen molar-refractivity contribution in [3.8, 4) is 0 Å². The molecule has 1 amide bonds. The minimum Gasteiger partial charge on any atom is -0.422 e. The molecular weight excluding hydrogens is 373 g/mol. The molecule has 0 spiro atoms. The van der Waals surface area contributed by atoms with Crippen LogP contribution in [0.5, 0.6) is 0 Å². The molecule has 0 aliphatic carbocycles. The van der Waals surface area contributed by atoms with Crippen LogP contribution < -0.4 is 10.5 Å². The average Bonchev–Trinajstić information content (AvgIpc) is 2.90. The Balaban J connectivity index is 1.76. The van der Waals surface area contributed by atoms with Crippen molar-refractivity contribution in [1.29, 1.82) is 0 Å². The molecule has 7 heteroatoms. The van der Waals surface area contributed by atoms with Crippen molar-refractivity contribution < 1.29 is 13.6 Å². The minimum atomic E-state index is -0.556. The summed E-state index contributed by atoms with van der Waals surface area (Å²) in [7, 11) is 0. The van der Waals surface area contributed by atoms with Crippen LogP contribution in [-0.4, -0.2) is 10.2 Å². The standard InChI is InChI=1S/C19H10FNO3S2/c20-13-6-2-3-7-14(13)21-17(22)16(26-19(21)25)10-12-9-11-5-1-4-8-15(11)24-18(12)23/h1-10H/b16-10+. The van der Waals surface area contributed by atoms with Crippen LogP contribution in [0.4, 0.5) is 10.1 Å². The predicted octanol–water partition coefficient (Wildman–Crippen LogP) is 4.34. The van der Waals surface area contributed by atoms with Crippen molar-refractivity contribution >= 4 is 56.9 Å². The molecule has 1 fully saturated rings. The molecule has 0 unspecified atom stereocenters. The van der Waals surface area contributed by atoms with Crippen LogP contribution in [0.3, 0.4) is 0 Å². The van der Waals surface area contributed by atoms with Crippen LogP contribution in [0.2, 0.25) is 0 Å². The van der Waals surface area contributed by atoms with Gasteiger partial charge in [0.2, 0.25) is 0 Å². The molecule has 4 rings (SSSR count). The SMILES string of the molecule is O=C1/C(=C\c2cc3ccccc3oc2=O)SC(=S)N1c1ccccc1F. The van der Waals surface area contributed by atoms with Crippen LogP contribution in [0, 0.1) is 5.82 Å². The number of carbonyl (C=O) groups excluding carboxylic acids is 1. The first-order valence-electron chi connectivity index (χ1n) is 7.60. The summed E-state index contributed by atoms with van der Waals surface area (Å²) < 4.78 is 19.5. The van der Waals surface area contributed by atoms with E-state index in [1.807, 2.05) is 6.07 Å². The second-order valence-corrected chi connectivity index (χ2v) is 7.17. The molecule has 128 valence electrons. The number of thiocarbonyl (C=S) groups is 1. The van der Waals surface area contributed by atoms with E-state index in [1.165, 1.54) is 24.3 Å². The highest BCUT2D eigenvalue weighted by Gasteiger charge is 2.34. The number of thioether (sulfide) groups is 1. The van der Waals surface area contributed by atoms with Gasteiger partial charge in [0, 0.05) is 5.39 Å². The van der Waals surface area contributed by atoms with Crippen molar-refractivity contribution in [1.82, 2.24) is 0 Å². The maximum absolute atomic E-state index is 14.0. The first kappa shape index (κ1) is 16.7. The van der Waals surface area contributed by atoms with E-state index in [9.17, 15) is 14.0 Å². The summed E-state index contributed by atoms with van der Waals surface area (Å²) in [5, 5.41) is 0.739. The zero-order chi connectivity index (χ0) is 18.3. The van der Waals surface area contributed by atoms with E-state index >= 15 is 0 Å². The molecule has 4 nitrogen and oxygen atoms in total. The second kappa shape index (κ2) is 6.51. The number of nitrogens with zero attached hydrogens (tertiary/aromatic N) is 1. The molecule has 0 N–H and O–H groups in total. The van der Waals surface area contributed by atoms with E-state index in [-0.39, 0.29) is 20.5 Å². The number of hydrogen-bond acceptors (Lipinski definition) is 5. The van der Waals surface area contributed by atoms with E-state index in [1.54, 1.807) is 30.3 Å². The lowest BCUT2D eigenvalue weighted by Crippen LogP contribution is -2.28. The summed E-state index contributed by atoms with van der Waals surface area (Å²) >= 11 is 6.24. The van der Waals surface area contributed by atoms with Crippen molar-refractivity contribution in [3.63, 3.8) is 0 Å². The molecule has 0 saturated carbocycles. The summed E-state index contributed by atoms with van der Waals surface area (Å²) in [6.45, 7) is 0. The molecule has 26 heavy (non-hydrogen) atoms. The Bertz CT molecular complexity index is 1150. The Morgan fingerprint density at radius 3 is 2.62 bits per heavy atom. The maximum Gasteiger partial charge on any atom is 0.343 e. The predicted molar refractivity (Wildman–Crippen MR) is 105 cm³/mol. The van der Waals surface area contributed by atoms with Crippen molar-refractivity contribution in [2.75, 3.05) is 4.90 Å². The monoisotopic (exact) mass is 383 g/mol. The van der Waals surface area contributed by atoms with Gasteiger partial charge >= 0.3 is 5.63 Å². The van der Waals surface area contributed by atoms with E-state index < -0.39 is 17.3 Å². The fourth-order valence-electron chi connectivity index (χ4n) is 2.63. The Morgan fingerprint density at radius 1 is 1.08 bits per heavy atom. The number of amides is 1. The zero-order valence-corrected chi connectivity index (χ0v) is 14.8. The third kappa shape index (κ3) is 2.85. The van der Waals surface area contributed by atoms with Crippen molar-refractivity contribution in [3.05, 3.63) is 81.3 Å². The van der Waals surface area contributed by atoms with Gasteiger partial charge in [0.15, 0.2) is 4.32 Å². The van der Waals surface area contributed by atoms with E-state index in [4.69, 9.17) is 16.6 Å². The van der Waals surface area contributed by atoms with Gasteiger partial charge in [0.1, 0.15) is 11.4 Å². The molecular formula is C19H10FNO3S2. The summed E-state index contributed by atoms with van der Waals surface area (Å²) in [6.07, 6.45) is 1.43. The number of anilines is 1. The zero-order valence-electron chi connectivity index (χ0n) is 13.1. The largest absolute Gasteiger partial charge is 0.422 e. The normalized spacial score (nSPS) is 16.0. The molecule has 2 aromatic carbocycles. The summed E-state index contributed by atoms with van der Waals surface area (Å²) in [5.74, 6) is -1.02. The van der Waals surface area contributed by atoms with Crippen LogP contribution in [0.15, 0.2) is 68.7 Å². The van der Waals surface area contributed by atoms with Gasteiger partial charge in [-0.3, -0.25) is 9.69 Å². The Kier molecular flexibility index (Phi) is 4.18. The van der Waals surface area contributed by atoms with Crippen molar-refractivity contribution in [2.24, 2.45) is 0 Å². The Morgan fingerprint density at radius 2 is 1.81 bits per heavy atom. The number of rotatable bonds is 2. The van der Waals surface area contributed by atoms with Crippen LogP contribution in [-0.2, 0) is 4.79 Å². The average molecular weight is 383 g/mol. The quantitative estimate of drug-likeness (QED) is 0.374. The number of para-hydroxylation sites is 2. The topological polar surface area (TPSA) is 50.5 Å². The number of hydrogen-bond donors (Lipinski definition) is 0. The van der Waals surface area contributed by atoms with Gasteiger partial charge in [-0.25, -0.2) is 9.18 Å². The van der Waals surface area contributed by atoms with E-state index in [2.05, 4.69) is 0 Å². The van der Waals surface area contributed by atoms with Gasteiger partial charge in [0.05, 0.1) is 16.2 Å². The number of benzene rings is 2. The van der Waals surface area contributed by atoms with Gasteiger partial charge in [-0.05, 0) is 30.3 Å². The molecule has 3 aromatic rings. The van der Waals surface area contributed by atoms with Crippen LogP contribution >= 0.6 is 24.0 Å². The lowest BCUT2D eigenvalue weighted by molar-refractivity contribution is -0.113. The van der Waals surface area contributed by atoms with Gasteiger partial charge in [0.25, 0.3) is 5.91 Å².